The maximum atomic E-state index is 12.8. The average molecular weight is 446 g/mol. The van der Waals surface area contributed by atoms with Crippen molar-refractivity contribution in [2.45, 2.75) is 51.7 Å². The molecular formula is C22H31N5O5. The second-order valence-corrected chi connectivity index (χ2v) is 8.22. The number of carboxylic acids is 1. The van der Waals surface area contributed by atoms with Crippen LogP contribution < -0.4 is 21.7 Å². The molecule has 1 heterocycles. The van der Waals surface area contributed by atoms with Crippen molar-refractivity contribution in [3.05, 3.63) is 36.0 Å². The summed E-state index contributed by atoms with van der Waals surface area (Å²) in [5, 5.41) is 17.7. The Morgan fingerprint density at radius 3 is 2.34 bits per heavy atom. The Labute approximate surface area is 186 Å². The van der Waals surface area contributed by atoms with Crippen LogP contribution >= 0.6 is 0 Å². The zero-order valence-corrected chi connectivity index (χ0v) is 18.5. The van der Waals surface area contributed by atoms with E-state index in [0.29, 0.717) is 0 Å². The van der Waals surface area contributed by atoms with Crippen LogP contribution in [0.25, 0.3) is 10.9 Å². The Balaban J connectivity index is 2.06. The molecule has 0 radical (unpaired) electrons. The van der Waals surface area contributed by atoms with Crippen molar-refractivity contribution in [1.29, 1.82) is 0 Å². The Morgan fingerprint density at radius 2 is 1.72 bits per heavy atom. The van der Waals surface area contributed by atoms with Crippen molar-refractivity contribution in [2.75, 3.05) is 6.54 Å². The third-order valence-corrected chi connectivity index (χ3v) is 4.91. The van der Waals surface area contributed by atoms with Crippen LogP contribution in [0, 0.1) is 5.92 Å². The quantitative estimate of drug-likeness (QED) is 0.290. The molecule has 3 unspecified atom stereocenters. The number of hydrogen-bond donors (Lipinski definition) is 6. The average Bonchev–Trinajstić information content (AvgIpc) is 3.13. The number of para-hydroxylation sites is 1. The zero-order chi connectivity index (χ0) is 23.8. The molecule has 174 valence electrons. The zero-order valence-electron chi connectivity index (χ0n) is 18.5. The van der Waals surface area contributed by atoms with E-state index in [-0.39, 0.29) is 18.8 Å². The second-order valence-electron chi connectivity index (χ2n) is 8.22. The van der Waals surface area contributed by atoms with Gasteiger partial charge in [-0.3, -0.25) is 14.4 Å². The number of aromatic amines is 1. The Kier molecular flexibility index (Phi) is 8.77. The van der Waals surface area contributed by atoms with E-state index >= 15 is 0 Å². The van der Waals surface area contributed by atoms with Gasteiger partial charge in [0.2, 0.25) is 17.7 Å². The fourth-order valence-corrected chi connectivity index (χ4v) is 3.26. The van der Waals surface area contributed by atoms with E-state index in [9.17, 15) is 24.3 Å². The van der Waals surface area contributed by atoms with E-state index in [1.54, 1.807) is 6.20 Å². The van der Waals surface area contributed by atoms with Crippen molar-refractivity contribution in [3.8, 4) is 0 Å². The van der Waals surface area contributed by atoms with E-state index in [1.807, 2.05) is 38.1 Å². The summed E-state index contributed by atoms with van der Waals surface area (Å²) < 4.78 is 0. The van der Waals surface area contributed by atoms with Gasteiger partial charge in [0.25, 0.3) is 0 Å². The van der Waals surface area contributed by atoms with Crippen LogP contribution in [0.3, 0.4) is 0 Å². The van der Waals surface area contributed by atoms with E-state index in [1.165, 1.54) is 6.92 Å². The fraction of sp³-hybridized carbons (Fsp3) is 0.455. The lowest BCUT2D eigenvalue weighted by atomic mass is 10.0. The van der Waals surface area contributed by atoms with Crippen LogP contribution in [0.2, 0.25) is 0 Å². The molecule has 1 aromatic heterocycles. The molecule has 32 heavy (non-hydrogen) atoms. The van der Waals surface area contributed by atoms with Gasteiger partial charge in [-0.25, -0.2) is 4.79 Å². The van der Waals surface area contributed by atoms with Crippen LogP contribution in [0.15, 0.2) is 30.5 Å². The van der Waals surface area contributed by atoms with Crippen molar-refractivity contribution in [2.24, 2.45) is 11.7 Å². The normalized spacial score (nSPS) is 13.9. The summed E-state index contributed by atoms with van der Waals surface area (Å²) in [5.74, 6) is -2.77. The van der Waals surface area contributed by atoms with Gasteiger partial charge in [-0.2, -0.15) is 0 Å². The largest absolute Gasteiger partial charge is 0.480 e. The van der Waals surface area contributed by atoms with Gasteiger partial charge < -0.3 is 31.8 Å². The van der Waals surface area contributed by atoms with Crippen molar-refractivity contribution in [3.63, 3.8) is 0 Å². The number of H-pyrrole nitrogens is 1. The molecule has 7 N–H and O–H groups in total. The van der Waals surface area contributed by atoms with Gasteiger partial charge in [0.05, 0.1) is 12.6 Å². The molecule has 3 atom stereocenters. The Hall–Kier alpha value is -3.40. The number of nitrogens with two attached hydrogens (primary N) is 1. The van der Waals surface area contributed by atoms with Gasteiger partial charge in [0.1, 0.15) is 12.1 Å². The van der Waals surface area contributed by atoms with Gasteiger partial charge in [-0.05, 0) is 30.9 Å². The molecule has 0 aliphatic carbocycles. The second kappa shape index (κ2) is 11.3. The number of amides is 3. The first-order valence-corrected chi connectivity index (χ1v) is 10.5. The summed E-state index contributed by atoms with van der Waals surface area (Å²) in [4.78, 5) is 51.6. The highest BCUT2D eigenvalue weighted by Crippen LogP contribution is 2.19. The molecule has 0 aliphatic rings. The topological polar surface area (TPSA) is 166 Å². The summed E-state index contributed by atoms with van der Waals surface area (Å²) >= 11 is 0. The number of hydrogen-bond acceptors (Lipinski definition) is 5. The summed E-state index contributed by atoms with van der Waals surface area (Å²) in [6.07, 6.45) is 2.21. The van der Waals surface area contributed by atoms with Gasteiger partial charge in [-0.15, -0.1) is 0 Å². The lowest BCUT2D eigenvalue weighted by Crippen LogP contribution is -2.53. The number of carbonyl (C=O) groups excluding carboxylic acids is 3. The maximum Gasteiger partial charge on any atom is 0.326 e. The molecule has 0 spiro atoms. The molecule has 2 aromatic rings. The monoisotopic (exact) mass is 445 g/mol. The third-order valence-electron chi connectivity index (χ3n) is 4.91. The number of nitrogens with one attached hydrogen (secondary N) is 4. The molecule has 0 aliphatic heterocycles. The van der Waals surface area contributed by atoms with Gasteiger partial charge in [-0.1, -0.05) is 32.0 Å². The van der Waals surface area contributed by atoms with E-state index in [0.717, 1.165) is 16.5 Å². The number of carboxylic acid groups (broad SMARTS) is 1. The van der Waals surface area contributed by atoms with Crippen LogP contribution in [0.1, 0.15) is 32.8 Å². The molecule has 10 heteroatoms. The number of aromatic nitrogens is 1. The lowest BCUT2D eigenvalue weighted by molar-refractivity contribution is -0.142. The number of benzene rings is 1. The Morgan fingerprint density at radius 1 is 1.03 bits per heavy atom. The van der Waals surface area contributed by atoms with Crippen LogP contribution in [0.5, 0.6) is 0 Å². The highest BCUT2D eigenvalue weighted by molar-refractivity contribution is 5.93. The van der Waals surface area contributed by atoms with Crippen LogP contribution in [-0.2, 0) is 25.6 Å². The molecule has 1 aromatic carbocycles. The highest BCUT2D eigenvalue weighted by atomic mass is 16.4. The molecule has 2 rings (SSSR count). The van der Waals surface area contributed by atoms with E-state index in [4.69, 9.17) is 5.73 Å². The SMILES string of the molecule is CC(C)CC(NC(=O)CNC(=O)C(Cc1c[nH]c2ccccc12)NC(=O)C(C)N)C(=O)O. The third kappa shape index (κ3) is 7.09. The van der Waals surface area contributed by atoms with Crippen molar-refractivity contribution < 1.29 is 24.3 Å². The van der Waals surface area contributed by atoms with E-state index in [2.05, 4.69) is 20.9 Å². The minimum Gasteiger partial charge on any atom is -0.480 e. The Bertz CT molecular complexity index is 969. The molecule has 10 nitrogen and oxygen atoms in total. The van der Waals surface area contributed by atoms with Gasteiger partial charge >= 0.3 is 5.97 Å². The van der Waals surface area contributed by atoms with Crippen LogP contribution in [-0.4, -0.2) is 58.5 Å². The standard InChI is InChI=1S/C22H31N5O5/c1-12(2)8-18(22(31)32)26-19(28)11-25-21(30)17(27-20(29)13(3)23)9-14-10-24-16-7-5-4-6-15(14)16/h4-7,10,12-13,17-18,24H,8-9,11,23H2,1-3H3,(H,25,30)(H,26,28)(H,27,29)(H,31,32). The summed E-state index contributed by atoms with van der Waals surface area (Å²) in [6.45, 7) is 4.78. The molecule has 0 fully saturated rings. The fourth-order valence-electron chi connectivity index (χ4n) is 3.26. The molecule has 0 saturated carbocycles. The predicted octanol–water partition coefficient (Wildman–Crippen LogP) is 0.274. The van der Waals surface area contributed by atoms with Gasteiger partial charge in [0.15, 0.2) is 0 Å². The summed E-state index contributed by atoms with van der Waals surface area (Å²) in [6, 6.07) is 4.73. The molecule has 0 saturated heterocycles. The molecular weight excluding hydrogens is 414 g/mol. The number of rotatable bonds is 11. The highest BCUT2D eigenvalue weighted by Gasteiger charge is 2.25. The van der Waals surface area contributed by atoms with Crippen molar-refractivity contribution >= 4 is 34.6 Å². The molecule has 3 amide bonds. The first kappa shape index (κ1) is 24.9. The molecule has 0 bridgehead atoms. The minimum atomic E-state index is -1.14. The summed E-state index contributed by atoms with van der Waals surface area (Å²) in [7, 11) is 0. The maximum absolute atomic E-state index is 12.8. The van der Waals surface area contributed by atoms with Crippen molar-refractivity contribution in [1.82, 2.24) is 20.9 Å². The lowest BCUT2D eigenvalue weighted by Gasteiger charge is -2.20. The number of carbonyl (C=O) groups is 4. The number of fused-ring (bicyclic) bond motifs is 1. The first-order valence-electron chi connectivity index (χ1n) is 10.5. The minimum absolute atomic E-state index is 0.0695. The first-order chi connectivity index (χ1) is 15.1. The summed E-state index contributed by atoms with van der Waals surface area (Å²) in [5.41, 5.74) is 7.33. The predicted molar refractivity (Wildman–Crippen MR) is 120 cm³/mol. The van der Waals surface area contributed by atoms with E-state index < -0.39 is 48.4 Å². The van der Waals surface area contributed by atoms with Crippen LogP contribution in [0.4, 0.5) is 0 Å². The number of aliphatic carboxylic acids is 1. The van der Waals surface area contributed by atoms with Gasteiger partial charge in [0, 0.05) is 23.5 Å². The smallest absolute Gasteiger partial charge is 0.326 e.